The van der Waals surface area contributed by atoms with E-state index in [4.69, 9.17) is 9.84 Å². The molecule has 170 valence electrons. The molecule has 6 heteroatoms. The summed E-state index contributed by atoms with van der Waals surface area (Å²) in [4.78, 5) is 16.3. The van der Waals surface area contributed by atoms with Crippen molar-refractivity contribution in [3.63, 3.8) is 0 Å². The number of hydrogen-bond acceptors (Lipinski definition) is 4. The highest BCUT2D eigenvalue weighted by Crippen LogP contribution is 2.28. The Morgan fingerprint density at radius 3 is 2.42 bits per heavy atom. The van der Waals surface area contributed by atoms with Crippen molar-refractivity contribution < 1.29 is 9.53 Å². The number of anilines is 1. The Morgan fingerprint density at radius 1 is 1.10 bits per heavy atom. The number of carbonyl (C=O) groups excluding carboxylic acids is 1. The van der Waals surface area contributed by atoms with E-state index < -0.39 is 5.60 Å². The molecule has 1 heterocycles. The van der Waals surface area contributed by atoms with E-state index in [1.807, 2.05) is 26.8 Å². The number of hydrogen-bond donors (Lipinski definition) is 0. The second-order valence-electron chi connectivity index (χ2n) is 9.86. The van der Waals surface area contributed by atoms with Crippen LogP contribution in [-0.4, -0.2) is 40.5 Å². The Labute approximate surface area is 187 Å². The number of carbonyl (C=O) groups is 1. The molecule has 31 heavy (non-hydrogen) atoms. The molecule has 0 spiro atoms. The molecule has 0 bridgehead atoms. The molecule has 1 aliphatic carbocycles. The minimum absolute atomic E-state index is 0.325. The number of amides is 1. The van der Waals surface area contributed by atoms with Crippen LogP contribution in [0, 0.1) is 5.92 Å². The summed E-state index contributed by atoms with van der Waals surface area (Å²) in [5, 5.41) is 4.91. The summed E-state index contributed by atoms with van der Waals surface area (Å²) in [7, 11) is 3.88. The molecule has 1 aliphatic rings. The van der Waals surface area contributed by atoms with E-state index in [0.29, 0.717) is 12.5 Å². The smallest absolute Gasteiger partial charge is 0.410 e. The Morgan fingerprint density at radius 2 is 1.77 bits per heavy atom. The van der Waals surface area contributed by atoms with E-state index in [-0.39, 0.29) is 6.09 Å². The van der Waals surface area contributed by atoms with Crippen LogP contribution in [-0.2, 0) is 24.4 Å². The van der Waals surface area contributed by atoms with E-state index >= 15 is 0 Å². The second-order valence-corrected chi connectivity index (χ2v) is 9.86. The second kappa shape index (κ2) is 10.2. The molecule has 2 aromatic rings. The topological polar surface area (TPSA) is 50.6 Å². The Bertz CT molecular complexity index is 835. The molecule has 1 saturated carbocycles. The molecular weight excluding hydrogens is 388 g/mol. The van der Waals surface area contributed by atoms with Crippen LogP contribution in [0.5, 0.6) is 0 Å². The zero-order chi connectivity index (χ0) is 22.4. The highest BCUT2D eigenvalue weighted by molar-refractivity contribution is 5.67. The standard InChI is InChI=1S/C25H38N4O2/c1-25(2,3)31-24(30)28(5)19-22-16-23(27(4)17-20-12-8-6-9-13-20)29(26-22)18-21-14-10-7-11-15-21/h6,8-9,12-13,16,21H,7,10-11,14-15,17-19H2,1-5H3. The molecule has 0 atom stereocenters. The van der Waals surface area contributed by atoms with Gasteiger partial charge in [-0.3, -0.25) is 0 Å². The normalized spacial score (nSPS) is 15.0. The quantitative estimate of drug-likeness (QED) is 0.589. The maximum Gasteiger partial charge on any atom is 0.410 e. The molecule has 0 aliphatic heterocycles. The number of ether oxygens (including phenoxy) is 1. The van der Waals surface area contributed by atoms with E-state index in [2.05, 4.69) is 47.0 Å². The minimum atomic E-state index is -0.507. The molecule has 0 unspecified atom stereocenters. The summed E-state index contributed by atoms with van der Waals surface area (Å²) in [5.74, 6) is 1.77. The Balaban J connectivity index is 1.76. The van der Waals surface area contributed by atoms with Crippen molar-refractivity contribution >= 4 is 11.9 Å². The number of aromatic nitrogens is 2. The Kier molecular flexibility index (Phi) is 7.63. The molecule has 0 saturated heterocycles. The monoisotopic (exact) mass is 426 g/mol. The van der Waals surface area contributed by atoms with Crippen molar-refractivity contribution in [3.05, 3.63) is 47.7 Å². The van der Waals surface area contributed by atoms with E-state index in [1.54, 1.807) is 11.9 Å². The lowest BCUT2D eigenvalue weighted by molar-refractivity contribution is 0.0282. The van der Waals surface area contributed by atoms with Crippen LogP contribution < -0.4 is 4.90 Å². The van der Waals surface area contributed by atoms with Crippen LogP contribution in [0.25, 0.3) is 0 Å². The van der Waals surface area contributed by atoms with Gasteiger partial charge in [0.05, 0.1) is 12.2 Å². The maximum atomic E-state index is 12.4. The van der Waals surface area contributed by atoms with Gasteiger partial charge in [0.2, 0.25) is 0 Å². The molecule has 6 nitrogen and oxygen atoms in total. The fourth-order valence-electron chi connectivity index (χ4n) is 4.18. The highest BCUT2D eigenvalue weighted by atomic mass is 16.6. The van der Waals surface area contributed by atoms with Gasteiger partial charge in [-0.15, -0.1) is 0 Å². The van der Waals surface area contributed by atoms with E-state index in [0.717, 1.165) is 24.6 Å². The minimum Gasteiger partial charge on any atom is -0.444 e. The van der Waals surface area contributed by atoms with Gasteiger partial charge in [0.25, 0.3) is 0 Å². The first-order valence-electron chi connectivity index (χ1n) is 11.5. The van der Waals surface area contributed by atoms with Crippen molar-refractivity contribution in [1.82, 2.24) is 14.7 Å². The van der Waals surface area contributed by atoms with Crippen LogP contribution in [0.3, 0.4) is 0 Å². The zero-order valence-corrected chi connectivity index (χ0v) is 19.8. The van der Waals surface area contributed by atoms with Gasteiger partial charge >= 0.3 is 6.09 Å². The third kappa shape index (κ3) is 7.01. The van der Waals surface area contributed by atoms with Crippen LogP contribution in [0.4, 0.5) is 10.6 Å². The third-order valence-electron chi connectivity index (χ3n) is 5.72. The lowest BCUT2D eigenvalue weighted by Crippen LogP contribution is -2.33. The fraction of sp³-hybridized carbons (Fsp3) is 0.600. The molecule has 1 aromatic heterocycles. The van der Waals surface area contributed by atoms with E-state index in [1.165, 1.54) is 37.7 Å². The highest BCUT2D eigenvalue weighted by Gasteiger charge is 2.22. The van der Waals surface area contributed by atoms with Crippen molar-refractivity contribution in [2.75, 3.05) is 19.0 Å². The summed E-state index contributed by atoms with van der Waals surface area (Å²) in [6.07, 6.45) is 6.20. The molecule has 1 fully saturated rings. The predicted molar refractivity (Wildman–Crippen MR) is 125 cm³/mol. The lowest BCUT2D eigenvalue weighted by atomic mass is 9.89. The summed E-state index contributed by atoms with van der Waals surface area (Å²) < 4.78 is 7.65. The van der Waals surface area contributed by atoms with Gasteiger partial charge in [0.1, 0.15) is 11.4 Å². The Hall–Kier alpha value is -2.50. The third-order valence-corrected chi connectivity index (χ3v) is 5.72. The van der Waals surface area contributed by atoms with Crippen molar-refractivity contribution in [2.24, 2.45) is 5.92 Å². The van der Waals surface area contributed by atoms with Crippen LogP contribution in [0.2, 0.25) is 0 Å². The summed E-state index contributed by atoms with van der Waals surface area (Å²) in [6, 6.07) is 12.6. The molecule has 0 N–H and O–H groups in total. The van der Waals surface area contributed by atoms with Gasteiger partial charge in [0.15, 0.2) is 0 Å². The zero-order valence-electron chi connectivity index (χ0n) is 19.8. The van der Waals surface area contributed by atoms with Gasteiger partial charge in [-0.05, 0) is 45.1 Å². The average molecular weight is 427 g/mol. The summed E-state index contributed by atoms with van der Waals surface area (Å²) in [5.41, 5.74) is 1.65. The number of rotatable bonds is 7. The SMILES string of the molecule is CN(Cc1cc(N(C)Cc2ccccc2)n(CC2CCCCC2)n1)C(=O)OC(C)(C)C. The average Bonchev–Trinajstić information content (AvgIpc) is 3.10. The first-order chi connectivity index (χ1) is 14.7. The van der Waals surface area contributed by atoms with Gasteiger partial charge in [-0.25, -0.2) is 9.48 Å². The van der Waals surface area contributed by atoms with Crippen LogP contribution >= 0.6 is 0 Å². The first kappa shape index (κ1) is 23.2. The molecule has 1 amide bonds. The van der Waals surface area contributed by atoms with Gasteiger partial charge in [-0.1, -0.05) is 49.6 Å². The van der Waals surface area contributed by atoms with Crippen molar-refractivity contribution in [3.8, 4) is 0 Å². The molecule has 1 aromatic carbocycles. The van der Waals surface area contributed by atoms with Gasteiger partial charge in [-0.2, -0.15) is 5.10 Å². The number of nitrogens with zero attached hydrogens (tertiary/aromatic N) is 4. The maximum absolute atomic E-state index is 12.4. The van der Waals surface area contributed by atoms with Crippen molar-refractivity contribution in [2.45, 2.75) is 78.1 Å². The molecular formula is C25H38N4O2. The lowest BCUT2D eigenvalue weighted by Gasteiger charge is -2.25. The van der Waals surface area contributed by atoms with Crippen LogP contribution in [0.1, 0.15) is 64.1 Å². The van der Waals surface area contributed by atoms with Gasteiger partial charge < -0.3 is 14.5 Å². The van der Waals surface area contributed by atoms with Gasteiger partial charge in [0, 0.05) is 33.3 Å². The van der Waals surface area contributed by atoms with E-state index in [9.17, 15) is 4.79 Å². The summed E-state index contributed by atoms with van der Waals surface area (Å²) in [6.45, 7) is 7.83. The first-order valence-corrected chi connectivity index (χ1v) is 11.5. The molecule has 3 rings (SSSR count). The molecule has 0 radical (unpaired) electrons. The van der Waals surface area contributed by atoms with Crippen LogP contribution in [0.15, 0.2) is 36.4 Å². The number of benzene rings is 1. The van der Waals surface area contributed by atoms with Crippen molar-refractivity contribution in [1.29, 1.82) is 0 Å². The summed E-state index contributed by atoms with van der Waals surface area (Å²) >= 11 is 0. The predicted octanol–water partition coefficient (Wildman–Crippen LogP) is 5.47. The largest absolute Gasteiger partial charge is 0.444 e. The fourth-order valence-corrected chi connectivity index (χ4v) is 4.18.